The summed E-state index contributed by atoms with van der Waals surface area (Å²) in [6.07, 6.45) is 4.91. The van der Waals surface area contributed by atoms with Gasteiger partial charge >= 0.3 is 0 Å². The van der Waals surface area contributed by atoms with Crippen LogP contribution >= 0.6 is 0 Å². The molecule has 1 heterocycles. The highest BCUT2D eigenvalue weighted by Crippen LogP contribution is 2.52. The van der Waals surface area contributed by atoms with Gasteiger partial charge < -0.3 is 4.74 Å². The molecule has 0 aromatic heterocycles. The van der Waals surface area contributed by atoms with Gasteiger partial charge in [-0.05, 0) is 49.3 Å². The van der Waals surface area contributed by atoms with Crippen LogP contribution in [0.4, 0.5) is 0 Å². The first-order valence-corrected chi connectivity index (χ1v) is 8.51. The number of hydrazine groups is 1. The number of allylic oxidation sites excluding steroid dienone is 2. The summed E-state index contributed by atoms with van der Waals surface area (Å²) in [7, 11) is 0. The lowest BCUT2D eigenvalue weighted by Gasteiger charge is -2.18. The van der Waals surface area contributed by atoms with Crippen LogP contribution in [0.2, 0.25) is 0 Å². The number of nitrogens with one attached hydrogen (secondary N) is 1. The van der Waals surface area contributed by atoms with E-state index >= 15 is 0 Å². The van der Waals surface area contributed by atoms with Gasteiger partial charge in [0, 0.05) is 0 Å². The van der Waals surface area contributed by atoms with Gasteiger partial charge in [0.15, 0.2) is 6.61 Å². The van der Waals surface area contributed by atoms with E-state index in [2.05, 4.69) is 5.43 Å². The predicted octanol–water partition coefficient (Wildman–Crippen LogP) is 1.52. The molecule has 3 aliphatic rings. The maximum Gasteiger partial charge on any atom is 0.276 e. The zero-order valence-corrected chi connectivity index (χ0v) is 14.2. The summed E-state index contributed by atoms with van der Waals surface area (Å²) < 4.78 is 5.54. The molecule has 3 amide bonds. The molecule has 4 atom stereocenters. The van der Waals surface area contributed by atoms with Crippen LogP contribution in [-0.2, 0) is 14.4 Å². The van der Waals surface area contributed by atoms with E-state index in [1.54, 1.807) is 0 Å². The summed E-state index contributed by atoms with van der Waals surface area (Å²) in [4.78, 5) is 37.2. The first-order chi connectivity index (χ1) is 12.0. The smallest absolute Gasteiger partial charge is 0.276 e. The van der Waals surface area contributed by atoms with E-state index in [0.29, 0.717) is 5.75 Å². The van der Waals surface area contributed by atoms with Crippen molar-refractivity contribution in [2.45, 2.75) is 20.3 Å². The zero-order chi connectivity index (χ0) is 17.7. The fourth-order valence-corrected chi connectivity index (χ4v) is 4.18. The Bertz CT molecular complexity index is 771. The van der Waals surface area contributed by atoms with Crippen LogP contribution in [0.1, 0.15) is 17.5 Å². The van der Waals surface area contributed by atoms with Gasteiger partial charge in [0.1, 0.15) is 5.75 Å². The number of ether oxygens (including phenoxy) is 1. The number of benzene rings is 1. The number of carbonyl (C=O) groups is 3. The lowest BCUT2D eigenvalue weighted by Crippen LogP contribution is -2.48. The van der Waals surface area contributed by atoms with Gasteiger partial charge in [-0.2, -0.15) is 5.01 Å². The van der Waals surface area contributed by atoms with Crippen LogP contribution in [0.3, 0.4) is 0 Å². The lowest BCUT2D eigenvalue weighted by molar-refractivity contribution is -0.150. The average molecular weight is 340 g/mol. The molecular formula is C19H20N2O4. The highest BCUT2D eigenvalue weighted by Gasteiger charge is 2.59. The summed E-state index contributed by atoms with van der Waals surface area (Å²) in [6.45, 7) is 3.58. The van der Waals surface area contributed by atoms with Crippen LogP contribution in [0.25, 0.3) is 0 Å². The molecule has 1 saturated carbocycles. The molecule has 25 heavy (non-hydrogen) atoms. The summed E-state index contributed by atoms with van der Waals surface area (Å²) in [5.74, 6) is -0.875. The maximum absolute atomic E-state index is 12.5. The molecular weight excluding hydrogens is 320 g/mol. The van der Waals surface area contributed by atoms with Crippen molar-refractivity contribution in [3.63, 3.8) is 0 Å². The molecule has 1 N–H and O–H groups in total. The SMILES string of the molecule is Cc1ccc(C)c(OCC(=O)NN2C(=O)[C@@H]3[C@H](C2=O)[C@H]2C=C[C@H]3C2)c1. The molecule has 0 spiro atoms. The molecule has 6 heteroatoms. The van der Waals surface area contributed by atoms with Gasteiger partial charge in [-0.25, -0.2) is 0 Å². The van der Waals surface area contributed by atoms with Crippen molar-refractivity contribution in [2.75, 3.05) is 6.61 Å². The average Bonchev–Trinajstić information content (AvgIpc) is 3.25. The Kier molecular flexibility index (Phi) is 3.63. The van der Waals surface area contributed by atoms with Crippen LogP contribution in [0, 0.1) is 37.5 Å². The Morgan fingerprint density at radius 1 is 1.16 bits per heavy atom. The number of aryl methyl sites for hydroxylation is 2. The fourth-order valence-electron chi connectivity index (χ4n) is 4.18. The van der Waals surface area contributed by atoms with Gasteiger partial charge in [-0.3, -0.25) is 19.8 Å². The molecule has 2 fully saturated rings. The number of rotatable bonds is 4. The maximum atomic E-state index is 12.5. The molecule has 4 rings (SSSR count). The summed E-state index contributed by atoms with van der Waals surface area (Å²) >= 11 is 0. The zero-order valence-electron chi connectivity index (χ0n) is 14.2. The van der Waals surface area contributed by atoms with Crippen molar-refractivity contribution >= 4 is 17.7 Å². The number of amides is 3. The third kappa shape index (κ3) is 2.52. The molecule has 6 nitrogen and oxygen atoms in total. The number of hydrogen-bond donors (Lipinski definition) is 1. The molecule has 1 aromatic carbocycles. The number of fused-ring (bicyclic) bond motifs is 5. The first kappa shape index (κ1) is 15.9. The molecule has 2 aliphatic carbocycles. The van der Waals surface area contributed by atoms with Crippen molar-refractivity contribution in [1.82, 2.24) is 10.4 Å². The topological polar surface area (TPSA) is 75.7 Å². The summed E-state index contributed by atoms with van der Waals surface area (Å²) in [5, 5.41) is 0.899. The monoisotopic (exact) mass is 340 g/mol. The minimum Gasteiger partial charge on any atom is -0.483 e. The Labute approximate surface area is 145 Å². The van der Waals surface area contributed by atoms with Crippen LogP contribution < -0.4 is 10.2 Å². The quantitative estimate of drug-likeness (QED) is 0.666. The molecule has 1 saturated heterocycles. The molecule has 1 aliphatic heterocycles. The van der Waals surface area contributed by atoms with Crippen LogP contribution in [0.5, 0.6) is 5.75 Å². The van der Waals surface area contributed by atoms with Gasteiger partial charge in [-0.1, -0.05) is 24.3 Å². The van der Waals surface area contributed by atoms with E-state index in [1.165, 1.54) is 0 Å². The Morgan fingerprint density at radius 3 is 2.44 bits per heavy atom. The van der Waals surface area contributed by atoms with Crippen molar-refractivity contribution in [3.8, 4) is 5.75 Å². The Morgan fingerprint density at radius 2 is 1.80 bits per heavy atom. The predicted molar refractivity (Wildman–Crippen MR) is 89.1 cm³/mol. The van der Waals surface area contributed by atoms with Crippen molar-refractivity contribution < 1.29 is 19.1 Å². The van der Waals surface area contributed by atoms with E-state index in [9.17, 15) is 14.4 Å². The van der Waals surface area contributed by atoms with Gasteiger partial charge in [0.2, 0.25) is 0 Å². The van der Waals surface area contributed by atoms with Gasteiger partial charge in [0.05, 0.1) is 11.8 Å². The van der Waals surface area contributed by atoms with E-state index in [0.717, 1.165) is 22.6 Å². The molecule has 130 valence electrons. The van der Waals surface area contributed by atoms with Gasteiger partial charge in [0.25, 0.3) is 17.7 Å². The van der Waals surface area contributed by atoms with Crippen LogP contribution in [-0.4, -0.2) is 29.3 Å². The number of carbonyl (C=O) groups excluding carboxylic acids is 3. The van der Waals surface area contributed by atoms with E-state index in [-0.39, 0.29) is 42.1 Å². The number of nitrogens with zero attached hydrogens (tertiary/aromatic N) is 1. The Hall–Kier alpha value is -2.63. The molecule has 2 bridgehead atoms. The summed E-state index contributed by atoms with van der Waals surface area (Å²) in [6, 6.07) is 5.73. The molecule has 0 radical (unpaired) electrons. The normalized spacial score (nSPS) is 29.3. The second-order valence-corrected chi connectivity index (χ2v) is 7.10. The van der Waals surface area contributed by atoms with Gasteiger partial charge in [-0.15, -0.1) is 0 Å². The van der Waals surface area contributed by atoms with E-state index < -0.39 is 5.91 Å². The third-order valence-corrected chi connectivity index (χ3v) is 5.41. The highest BCUT2D eigenvalue weighted by atomic mass is 16.5. The van der Waals surface area contributed by atoms with E-state index in [4.69, 9.17) is 4.74 Å². The Balaban J connectivity index is 1.39. The standard InChI is InChI=1S/C19H20N2O4/c1-10-3-4-11(2)14(7-10)25-9-15(22)20-21-18(23)16-12-5-6-13(8-12)17(16)19(21)24/h3-7,12-13,16-17H,8-9H2,1-2H3,(H,20,22)/t12-,13-,16-,17+/m0/s1. The van der Waals surface area contributed by atoms with Crippen molar-refractivity contribution in [2.24, 2.45) is 23.7 Å². The second-order valence-electron chi connectivity index (χ2n) is 7.10. The van der Waals surface area contributed by atoms with Crippen molar-refractivity contribution in [1.29, 1.82) is 0 Å². The van der Waals surface area contributed by atoms with Crippen molar-refractivity contribution in [3.05, 3.63) is 41.5 Å². The highest BCUT2D eigenvalue weighted by molar-refractivity contribution is 6.07. The molecule has 0 unspecified atom stereocenters. The molecule has 1 aromatic rings. The number of imide groups is 1. The lowest BCUT2D eigenvalue weighted by atomic mass is 9.85. The summed E-state index contributed by atoms with van der Waals surface area (Å²) in [5.41, 5.74) is 4.37. The van der Waals surface area contributed by atoms with Crippen LogP contribution in [0.15, 0.2) is 30.4 Å². The minimum atomic E-state index is -0.511. The van der Waals surface area contributed by atoms with E-state index in [1.807, 2.05) is 44.2 Å². The second kappa shape index (κ2) is 5.72. The third-order valence-electron chi connectivity index (χ3n) is 5.41. The first-order valence-electron chi connectivity index (χ1n) is 8.51. The fraction of sp³-hybridized carbons (Fsp3) is 0.421. The largest absolute Gasteiger partial charge is 0.483 e. The minimum absolute atomic E-state index is 0.125. The number of hydrogen-bond acceptors (Lipinski definition) is 4.